The van der Waals surface area contributed by atoms with E-state index in [0.717, 1.165) is 57.0 Å². The number of nitrogens with one attached hydrogen (secondary N) is 3. The van der Waals surface area contributed by atoms with Crippen molar-refractivity contribution in [2.24, 2.45) is 0 Å². The number of benzene rings is 2. The molecule has 42 heavy (non-hydrogen) atoms. The lowest BCUT2D eigenvalue weighted by atomic mass is 9.80. The van der Waals surface area contributed by atoms with E-state index >= 15 is 0 Å². The number of carboxylic acid groups (broad SMARTS) is 2. The number of dihydropyridines is 1. The van der Waals surface area contributed by atoms with Gasteiger partial charge in [-0.05, 0) is 63.1 Å². The van der Waals surface area contributed by atoms with Gasteiger partial charge in [0.05, 0.1) is 29.9 Å². The summed E-state index contributed by atoms with van der Waals surface area (Å²) in [4.78, 5) is 41.5. The highest BCUT2D eigenvalue weighted by atomic mass is 16.5. The fourth-order valence-electron chi connectivity index (χ4n) is 5.63. The Kier molecular flexibility index (Phi) is 10.1. The normalized spacial score (nSPS) is 16.2. The number of methoxy groups -OCH3 is 1. The molecule has 5 N–H and O–H groups in total. The molecule has 1 fully saturated rings. The zero-order valence-corrected chi connectivity index (χ0v) is 24.3. The Morgan fingerprint density at radius 3 is 2.24 bits per heavy atom. The highest BCUT2D eigenvalue weighted by molar-refractivity contribution is 5.98. The molecule has 0 unspecified atom stereocenters. The third kappa shape index (κ3) is 7.22. The molecular formula is C31H39N5O6. The molecule has 2 aliphatic heterocycles. The van der Waals surface area contributed by atoms with Crippen molar-refractivity contribution >= 4 is 29.3 Å². The van der Waals surface area contributed by atoms with Gasteiger partial charge < -0.3 is 35.8 Å². The number of ether oxygens (including phenoxy) is 1. The lowest BCUT2D eigenvalue weighted by molar-refractivity contribution is -0.133. The van der Waals surface area contributed by atoms with Gasteiger partial charge in [-0.3, -0.25) is 4.90 Å². The number of carboxylic acids is 2. The molecule has 2 aromatic rings. The van der Waals surface area contributed by atoms with Crippen LogP contribution in [-0.2, 0) is 9.59 Å². The smallest absolute Gasteiger partial charge is 0.334 e. The van der Waals surface area contributed by atoms with Crippen molar-refractivity contribution in [2.75, 3.05) is 56.6 Å². The second kappa shape index (κ2) is 13.9. The van der Waals surface area contributed by atoms with Crippen molar-refractivity contribution in [3.05, 3.63) is 76.6 Å². The standard InChI is InChI=1S/C31H39N5O6/c1-20-26(29(37)38)28(27(30(39)40)21(2)33-20)22-9-8-10-23(19-22)34-31(41)32-13-6-7-14-35-15-17-36(18-16-35)24-11-4-5-12-25(24)42-3/h4-5,8-12,19,28,33H,6-7,13-18H2,1-3H3,(H,37,38)(H,39,40)(H2,32,34,41). The van der Waals surface area contributed by atoms with Crippen LogP contribution in [-0.4, -0.2) is 79.5 Å². The summed E-state index contributed by atoms with van der Waals surface area (Å²) in [5.74, 6) is -2.50. The maximum Gasteiger partial charge on any atom is 0.334 e. The SMILES string of the molecule is COc1ccccc1N1CCN(CCCCNC(=O)Nc2cccc(C3C(C(=O)O)=C(C)NC(C)=C3C(=O)O)c2)CC1. The minimum atomic E-state index is -1.20. The van der Waals surface area contributed by atoms with Crippen molar-refractivity contribution in [1.29, 1.82) is 0 Å². The molecule has 0 spiro atoms. The number of carbonyl (C=O) groups is 3. The lowest BCUT2D eigenvalue weighted by Crippen LogP contribution is -2.46. The van der Waals surface area contributed by atoms with E-state index in [2.05, 4.69) is 31.8 Å². The molecule has 2 heterocycles. The number of para-hydroxylation sites is 2. The van der Waals surface area contributed by atoms with Gasteiger partial charge in [-0.15, -0.1) is 0 Å². The van der Waals surface area contributed by atoms with E-state index in [1.165, 1.54) is 0 Å². The maximum absolute atomic E-state index is 12.6. The van der Waals surface area contributed by atoms with Crippen molar-refractivity contribution in [3.63, 3.8) is 0 Å². The van der Waals surface area contributed by atoms with Gasteiger partial charge in [-0.1, -0.05) is 24.3 Å². The van der Waals surface area contributed by atoms with Crippen LogP contribution in [0.15, 0.2) is 71.1 Å². The summed E-state index contributed by atoms with van der Waals surface area (Å²) in [5.41, 5.74) is 2.71. The van der Waals surface area contributed by atoms with E-state index in [1.54, 1.807) is 45.2 Å². The third-order valence-corrected chi connectivity index (χ3v) is 7.68. The first-order chi connectivity index (χ1) is 20.2. The van der Waals surface area contributed by atoms with Crippen LogP contribution in [0, 0.1) is 0 Å². The predicted molar refractivity (Wildman–Crippen MR) is 161 cm³/mol. The highest BCUT2D eigenvalue weighted by Crippen LogP contribution is 2.39. The number of piperazine rings is 1. The van der Waals surface area contributed by atoms with Gasteiger partial charge in [0.25, 0.3) is 0 Å². The lowest BCUT2D eigenvalue weighted by Gasteiger charge is -2.36. The second-order valence-electron chi connectivity index (χ2n) is 10.5. The van der Waals surface area contributed by atoms with Gasteiger partial charge in [-0.2, -0.15) is 0 Å². The van der Waals surface area contributed by atoms with Crippen LogP contribution in [0.4, 0.5) is 16.2 Å². The number of carbonyl (C=O) groups excluding carboxylic acids is 1. The number of unbranched alkanes of at least 4 members (excludes halogenated alkanes) is 1. The summed E-state index contributed by atoms with van der Waals surface area (Å²) in [7, 11) is 1.69. The molecule has 1 saturated heterocycles. The van der Waals surface area contributed by atoms with E-state index in [9.17, 15) is 24.6 Å². The number of allylic oxidation sites excluding steroid dienone is 2. The Balaban J connectivity index is 1.25. The van der Waals surface area contributed by atoms with Gasteiger partial charge in [0.1, 0.15) is 5.75 Å². The summed E-state index contributed by atoms with van der Waals surface area (Å²) >= 11 is 0. The zero-order chi connectivity index (χ0) is 30.2. The summed E-state index contributed by atoms with van der Waals surface area (Å²) in [6.45, 7) is 8.49. The minimum Gasteiger partial charge on any atom is -0.495 e. The zero-order valence-electron chi connectivity index (χ0n) is 24.3. The number of rotatable bonds is 11. The molecule has 2 aromatic carbocycles. The van der Waals surface area contributed by atoms with E-state index in [0.29, 0.717) is 29.2 Å². The van der Waals surface area contributed by atoms with Gasteiger partial charge in [0.2, 0.25) is 0 Å². The average molecular weight is 578 g/mol. The Morgan fingerprint density at radius 1 is 0.929 bits per heavy atom. The monoisotopic (exact) mass is 577 g/mol. The van der Waals surface area contributed by atoms with Crippen LogP contribution in [0.1, 0.15) is 38.2 Å². The molecule has 0 atom stereocenters. The average Bonchev–Trinajstić information content (AvgIpc) is 2.96. The number of urea groups is 1. The predicted octanol–water partition coefficient (Wildman–Crippen LogP) is 3.82. The minimum absolute atomic E-state index is 0.0409. The molecule has 11 heteroatoms. The third-order valence-electron chi connectivity index (χ3n) is 7.68. The van der Waals surface area contributed by atoms with Crippen LogP contribution >= 0.6 is 0 Å². The Morgan fingerprint density at radius 2 is 1.60 bits per heavy atom. The molecule has 224 valence electrons. The summed E-state index contributed by atoms with van der Waals surface area (Å²) in [5, 5.41) is 28.2. The van der Waals surface area contributed by atoms with Crippen molar-refractivity contribution in [3.8, 4) is 5.75 Å². The number of hydrogen-bond acceptors (Lipinski definition) is 7. The van der Waals surface area contributed by atoms with Crippen molar-refractivity contribution in [2.45, 2.75) is 32.6 Å². The highest BCUT2D eigenvalue weighted by Gasteiger charge is 2.36. The fourth-order valence-corrected chi connectivity index (χ4v) is 5.63. The first-order valence-corrected chi connectivity index (χ1v) is 14.1. The fraction of sp³-hybridized carbons (Fsp3) is 0.387. The molecule has 2 aliphatic rings. The summed E-state index contributed by atoms with van der Waals surface area (Å²) < 4.78 is 5.50. The topological polar surface area (TPSA) is 143 Å². The Bertz CT molecular complexity index is 1340. The van der Waals surface area contributed by atoms with Gasteiger partial charge >= 0.3 is 18.0 Å². The molecule has 0 bridgehead atoms. The molecule has 4 rings (SSSR count). The number of aliphatic carboxylic acids is 2. The Labute approximate surface area is 245 Å². The van der Waals surface area contributed by atoms with Gasteiger partial charge in [0, 0.05) is 49.8 Å². The Hall–Kier alpha value is -4.51. The summed E-state index contributed by atoms with van der Waals surface area (Å²) in [6, 6.07) is 14.3. The van der Waals surface area contributed by atoms with Crippen molar-refractivity contribution in [1.82, 2.24) is 15.5 Å². The van der Waals surface area contributed by atoms with Crippen LogP contribution in [0.25, 0.3) is 0 Å². The van der Waals surface area contributed by atoms with Crippen molar-refractivity contribution < 1.29 is 29.3 Å². The van der Waals surface area contributed by atoms with Crippen LogP contribution in [0.5, 0.6) is 5.75 Å². The number of hydrogen-bond donors (Lipinski definition) is 5. The number of amides is 2. The number of nitrogens with zero attached hydrogens (tertiary/aromatic N) is 2. The van der Waals surface area contributed by atoms with Crippen LogP contribution in [0.2, 0.25) is 0 Å². The van der Waals surface area contributed by atoms with E-state index in [1.807, 2.05) is 18.2 Å². The van der Waals surface area contributed by atoms with Crippen LogP contribution < -0.4 is 25.6 Å². The second-order valence-corrected chi connectivity index (χ2v) is 10.5. The molecule has 2 amide bonds. The largest absolute Gasteiger partial charge is 0.495 e. The quantitative estimate of drug-likeness (QED) is 0.252. The van der Waals surface area contributed by atoms with Gasteiger partial charge in [-0.25, -0.2) is 14.4 Å². The molecule has 0 radical (unpaired) electrons. The van der Waals surface area contributed by atoms with E-state index in [4.69, 9.17) is 4.74 Å². The van der Waals surface area contributed by atoms with Crippen LogP contribution in [0.3, 0.4) is 0 Å². The molecule has 11 nitrogen and oxygen atoms in total. The molecule has 0 aromatic heterocycles. The summed E-state index contributed by atoms with van der Waals surface area (Å²) in [6.07, 6.45) is 1.78. The van der Waals surface area contributed by atoms with E-state index < -0.39 is 17.9 Å². The molecule has 0 saturated carbocycles. The first-order valence-electron chi connectivity index (χ1n) is 14.1. The first kappa shape index (κ1) is 30.4. The maximum atomic E-state index is 12.6. The van der Waals surface area contributed by atoms with E-state index in [-0.39, 0.29) is 17.2 Å². The molecule has 0 aliphatic carbocycles. The molecular weight excluding hydrogens is 538 g/mol. The van der Waals surface area contributed by atoms with Gasteiger partial charge in [0.15, 0.2) is 0 Å². The number of anilines is 2.